The topological polar surface area (TPSA) is 106 Å². The van der Waals surface area contributed by atoms with Gasteiger partial charge in [0.2, 0.25) is 5.91 Å². The van der Waals surface area contributed by atoms with Crippen LogP contribution in [0.15, 0.2) is 0 Å². The maximum Gasteiger partial charge on any atom is 0.330 e. The summed E-state index contributed by atoms with van der Waals surface area (Å²) in [6.07, 6.45) is 0. The highest BCUT2D eigenvalue weighted by molar-refractivity contribution is 5.99. The summed E-state index contributed by atoms with van der Waals surface area (Å²) < 4.78 is 0. The van der Waals surface area contributed by atoms with Crippen LogP contribution in [-0.4, -0.2) is 23.0 Å². The summed E-state index contributed by atoms with van der Waals surface area (Å²) in [6, 6.07) is -1.57. The largest absolute Gasteiger partial charge is 0.480 e. The van der Waals surface area contributed by atoms with Crippen molar-refractivity contribution >= 4 is 11.9 Å². The van der Waals surface area contributed by atoms with E-state index in [0.717, 1.165) is 0 Å². The molecule has 0 aliphatic carbocycles. The number of rotatable bonds is 2. The molecule has 0 aliphatic rings. The molecule has 0 aromatic carbocycles. The van der Waals surface area contributed by atoms with Crippen LogP contribution < -0.4 is 11.5 Å². The zero-order chi connectivity index (χ0) is 6.73. The fourth-order valence-corrected chi connectivity index (χ4v) is 0.122. The molecule has 8 heavy (non-hydrogen) atoms. The molecule has 0 aromatic rings. The van der Waals surface area contributed by atoms with Crippen LogP contribution in [0.3, 0.4) is 0 Å². The molecule has 0 saturated heterocycles. The lowest BCUT2D eigenvalue weighted by molar-refractivity contribution is -0.141. The minimum Gasteiger partial charge on any atom is -0.480 e. The highest BCUT2D eigenvalue weighted by Gasteiger charge is 2.16. The smallest absolute Gasteiger partial charge is 0.330 e. The number of amides is 1. The molecule has 1 amide bonds. The van der Waals surface area contributed by atoms with E-state index in [2.05, 4.69) is 11.5 Å². The molecule has 0 fully saturated rings. The first-order valence-corrected chi connectivity index (χ1v) is 1.83. The Labute approximate surface area is 45.3 Å². The second kappa shape index (κ2) is 2.27. The van der Waals surface area contributed by atoms with E-state index in [1.54, 1.807) is 0 Å². The fraction of sp³-hybridized carbons (Fsp3) is 0.333. The SMILES string of the molecule is NC(=O)[C@H](N)C(=O)O. The minimum absolute atomic E-state index is 1.03. The van der Waals surface area contributed by atoms with Crippen LogP contribution in [0.5, 0.6) is 0 Å². The average Bonchev–Trinajstić information content (AvgIpc) is 1.64. The zero-order valence-corrected chi connectivity index (χ0v) is 4.00. The first-order valence-electron chi connectivity index (χ1n) is 1.83. The molecule has 0 aromatic heterocycles. The van der Waals surface area contributed by atoms with Crippen molar-refractivity contribution in [3.63, 3.8) is 0 Å². The number of carboxylic acids is 1. The monoisotopic (exact) mass is 118 g/mol. The van der Waals surface area contributed by atoms with E-state index in [1.165, 1.54) is 0 Å². The number of hydrogen-bond donors (Lipinski definition) is 3. The molecule has 1 atom stereocenters. The van der Waals surface area contributed by atoms with E-state index in [1.807, 2.05) is 0 Å². The third-order valence-corrected chi connectivity index (χ3v) is 0.573. The summed E-state index contributed by atoms with van der Waals surface area (Å²) in [5.41, 5.74) is 9.18. The Balaban J connectivity index is 3.83. The maximum atomic E-state index is 9.86. The van der Waals surface area contributed by atoms with E-state index < -0.39 is 17.9 Å². The molecule has 0 spiro atoms. The van der Waals surface area contributed by atoms with Crippen LogP contribution >= 0.6 is 0 Å². The van der Waals surface area contributed by atoms with E-state index in [4.69, 9.17) is 5.11 Å². The Morgan fingerprint density at radius 3 is 1.88 bits per heavy atom. The van der Waals surface area contributed by atoms with E-state index in [0.29, 0.717) is 0 Å². The first-order chi connectivity index (χ1) is 3.55. The van der Waals surface area contributed by atoms with Gasteiger partial charge < -0.3 is 16.6 Å². The fourth-order valence-electron chi connectivity index (χ4n) is 0.122. The van der Waals surface area contributed by atoms with Crippen molar-refractivity contribution in [1.29, 1.82) is 0 Å². The number of hydrogen-bond acceptors (Lipinski definition) is 3. The van der Waals surface area contributed by atoms with Crippen molar-refractivity contribution < 1.29 is 14.7 Å². The maximum absolute atomic E-state index is 9.86. The average molecular weight is 118 g/mol. The van der Waals surface area contributed by atoms with Crippen LogP contribution in [0.1, 0.15) is 0 Å². The van der Waals surface area contributed by atoms with Gasteiger partial charge in [-0.25, -0.2) is 4.79 Å². The van der Waals surface area contributed by atoms with Crippen LogP contribution in [0, 0.1) is 0 Å². The molecule has 0 heterocycles. The molecule has 0 unspecified atom stereocenters. The number of carbonyl (C=O) groups excluding carboxylic acids is 1. The van der Waals surface area contributed by atoms with Gasteiger partial charge in [-0.15, -0.1) is 0 Å². The summed E-state index contributed by atoms with van der Waals surface area (Å²) >= 11 is 0. The minimum atomic E-state index is -1.57. The van der Waals surface area contributed by atoms with E-state index in [9.17, 15) is 9.59 Å². The Morgan fingerprint density at radius 1 is 1.50 bits per heavy atom. The quantitative estimate of drug-likeness (QED) is 0.360. The molecular weight excluding hydrogens is 112 g/mol. The number of carbonyl (C=O) groups is 2. The third kappa shape index (κ3) is 1.57. The second-order valence-corrected chi connectivity index (χ2v) is 1.22. The summed E-state index contributed by atoms with van der Waals surface area (Å²) in [4.78, 5) is 19.6. The second-order valence-electron chi connectivity index (χ2n) is 1.22. The lowest BCUT2D eigenvalue weighted by atomic mass is 10.3. The first kappa shape index (κ1) is 6.90. The van der Waals surface area contributed by atoms with Gasteiger partial charge in [0.1, 0.15) is 0 Å². The van der Waals surface area contributed by atoms with Crippen molar-refractivity contribution in [2.45, 2.75) is 6.04 Å². The van der Waals surface area contributed by atoms with Crippen LogP contribution in [-0.2, 0) is 9.59 Å². The van der Waals surface area contributed by atoms with Gasteiger partial charge in [0.05, 0.1) is 0 Å². The Hall–Kier alpha value is -1.10. The molecule has 5 N–H and O–H groups in total. The number of primary amides is 1. The predicted octanol–water partition coefficient (Wildman–Crippen LogP) is -2.12. The number of aliphatic carboxylic acids is 1. The normalized spacial score (nSPS) is 12.6. The molecule has 0 aliphatic heterocycles. The van der Waals surface area contributed by atoms with Gasteiger partial charge in [-0.3, -0.25) is 4.79 Å². The Bertz CT molecular complexity index is 108. The molecule has 5 heteroatoms. The molecular formula is C3H6N2O3. The molecule has 5 nitrogen and oxygen atoms in total. The van der Waals surface area contributed by atoms with Gasteiger partial charge in [-0.05, 0) is 0 Å². The molecule has 0 rings (SSSR count). The van der Waals surface area contributed by atoms with Gasteiger partial charge in [-0.2, -0.15) is 0 Å². The van der Waals surface area contributed by atoms with Crippen molar-refractivity contribution in [3.05, 3.63) is 0 Å². The van der Waals surface area contributed by atoms with Gasteiger partial charge in [0.15, 0.2) is 6.04 Å². The zero-order valence-electron chi connectivity index (χ0n) is 4.00. The Kier molecular flexibility index (Phi) is 1.96. The molecule has 0 saturated carbocycles. The van der Waals surface area contributed by atoms with Crippen LogP contribution in [0.25, 0.3) is 0 Å². The lowest BCUT2D eigenvalue weighted by Gasteiger charge is -1.96. The predicted molar refractivity (Wildman–Crippen MR) is 24.8 cm³/mol. The standard InChI is InChI=1S/C3H6N2O3/c4-1(2(5)6)3(7)8/h1H,4H2,(H2,5,6)(H,7,8)/t1-/m0/s1. The summed E-state index contributed by atoms with van der Waals surface area (Å²) in [5, 5.41) is 7.93. The highest BCUT2D eigenvalue weighted by Crippen LogP contribution is 1.72. The van der Waals surface area contributed by atoms with E-state index in [-0.39, 0.29) is 0 Å². The lowest BCUT2D eigenvalue weighted by Crippen LogP contribution is -2.42. The van der Waals surface area contributed by atoms with Crippen molar-refractivity contribution in [2.24, 2.45) is 11.5 Å². The molecule has 0 bridgehead atoms. The van der Waals surface area contributed by atoms with Gasteiger partial charge in [0.25, 0.3) is 0 Å². The van der Waals surface area contributed by atoms with Gasteiger partial charge >= 0.3 is 5.97 Å². The molecule has 0 radical (unpaired) electrons. The van der Waals surface area contributed by atoms with Gasteiger partial charge in [-0.1, -0.05) is 0 Å². The summed E-state index contributed by atoms with van der Waals surface area (Å²) in [6.45, 7) is 0. The van der Waals surface area contributed by atoms with Crippen molar-refractivity contribution in [1.82, 2.24) is 0 Å². The van der Waals surface area contributed by atoms with Crippen LogP contribution in [0.2, 0.25) is 0 Å². The van der Waals surface area contributed by atoms with E-state index >= 15 is 0 Å². The summed E-state index contributed by atoms with van der Waals surface area (Å²) in [5.74, 6) is -2.44. The summed E-state index contributed by atoms with van der Waals surface area (Å²) in [7, 11) is 0. The molecule has 46 valence electrons. The number of carboxylic acid groups (broad SMARTS) is 1. The van der Waals surface area contributed by atoms with Crippen molar-refractivity contribution in [3.8, 4) is 0 Å². The van der Waals surface area contributed by atoms with Crippen molar-refractivity contribution in [2.75, 3.05) is 0 Å². The Morgan fingerprint density at radius 2 is 1.88 bits per heavy atom. The highest BCUT2D eigenvalue weighted by atomic mass is 16.4. The number of nitrogens with two attached hydrogens (primary N) is 2. The third-order valence-electron chi connectivity index (χ3n) is 0.573. The van der Waals surface area contributed by atoms with Crippen LogP contribution in [0.4, 0.5) is 0 Å². The van der Waals surface area contributed by atoms with Gasteiger partial charge in [0, 0.05) is 0 Å².